The van der Waals surface area contributed by atoms with Gasteiger partial charge in [0.05, 0.1) is 7.11 Å². The largest absolute Gasteiger partial charge is 0.573 e. The Hall–Kier alpha value is -2.97. The molecule has 9 heteroatoms. The van der Waals surface area contributed by atoms with E-state index >= 15 is 0 Å². The van der Waals surface area contributed by atoms with Crippen molar-refractivity contribution in [3.05, 3.63) is 41.7 Å². The maximum Gasteiger partial charge on any atom is 0.573 e. The van der Waals surface area contributed by atoms with Crippen molar-refractivity contribution in [1.82, 2.24) is 4.98 Å². The van der Waals surface area contributed by atoms with E-state index in [4.69, 9.17) is 15.2 Å². The van der Waals surface area contributed by atoms with E-state index in [0.717, 1.165) is 17.7 Å². The number of nitrogens with two attached hydrogens (primary N) is 1. The summed E-state index contributed by atoms with van der Waals surface area (Å²) in [6.07, 6.45) is -3.32. The van der Waals surface area contributed by atoms with E-state index in [-0.39, 0.29) is 28.4 Å². The first kappa shape index (κ1) is 20.3. The number of primary amides is 1. The number of rotatable bonds is 5. The number of aromatic nitrogens is 1. The normalized spacial score (nSPS) is 11.8. The average Bonchev–Trinajstić information content (AvgIpc) is 2.53. The van der Waals surface area contributed by atoms with Crippen molar-refractivity contribution < 1.29 is 32.2 Å². The van der Waals surface area contributed by atoms with Gasteiger partial charge in [-0.05, 0) is 29.2 Å². The molecule has 0 atom stereocenters. The van der Waals surface area contributed by atoms with Gasteiger partial charge in [-0.2, -0.15) is 0 Å². The number of amides is 1. The molecule has 1 amide bonds. The maximum absolute atomic E-state index is 12.4. The van der Waals surface area contributed by atoms with Crippen molar-refractivity contribution in [3.8, 4) is 23.0 Å². The molecule has 0 aliphatic heterocycles. The van der Waals surface area contributed by atoms with Gasteiger partial charge in [0.15, 0.2) is 22.9 Å². The van der Waals surface area contributed by atoms with Gasteiger partial charge >= 0.3 is 6.36 Å². The number of alkyl halides is 3. The zero-order valence-electron chi connectivity index (χ0n) is 15.2. The molecule has 1 heterocycles. The maximum atomic E-state index is 12.4. The molecule has 1 aromatic carbocycles. The first-order valence-corrected chi connectivity index (χ1v) is 7.82. The predicted octanol–water partition coefficient (Wildman–Crippen LogP) is 4.18. The van der Waals surface area contributed by atoms with Crippen LogP contribution >= 0.6 is 0 Å². The molecule has 0 aliphatic carbocycles. The minimum absolute atomic E-state index is 0.0201. The molecule has 146 valence electrons. The SMILES string of the molecule is COc1cc(OC(F)(F)F)ccc1Oc1cc(C(C)(C)C)cnc1C(N)=O. The highest BCUT2D eigenvalue weighted by Crippen LogP contribution is 2.38. The second-order valence-electron chi connectivity index (χ2n) is 6.65. The summed E-state index contributed by atoms with van der Waals surface area (Å²) in [6, 6.07) is 4.92. The predicted molar refractivity (Wildman–Crippen MR) is 91.2 cm³/mol. The number of nitrogens with zero attached hydrogens (tertiary/aromatic N) is 1. The summed E-state index contributed by atoms with van der Waals surface area (Å²) in [5, 5.41) is 0. The first-order chi connectivity index (χ1) is 12.4. The Balaban J connectivity index is 2.44. The van der Waals surface area contributed by atoms with E-state index in [1.807, 2.05) is 20.8 Å². The minimum Gasteiger partial charge on any atom is -0.493 e. The molecule has 0 unspecified atom stereocenters. The molecular formula is C18H19F3N2O4. The summed E-state index contributed by atoms with van der Waals surface area (Å²) in [6.45, 7) is 5.84. The minimum atomic E-state index is -4.84. The van der Waals surface area contributed by atoms with Crippen LogP contribution in [-0.2, 0) is 5.41 Å². The number of hydrogen-bond acceptors (Lipinski definition) is 5. The van der Waals surface area contributed by atoms with Crippen LogP contribution < -0.4 is 19.9 Å². The monoisotopic (exact) mass is 384 g/mol. The second-order valence-corrected chi connectivity index (χ2v) is 6.65. The molecule has 0 spiro atoms. The van der Waals surface area contributed by atoms with E-state index in [9.17, 15) is 18.0 Å². The fourth-order valence-corrected chi connectivity index (χ4v) is 2.17. The number of hydrogen-bond donors (Lipinski definition) is 1. The second kappa shape index (κ2) is 7.34. The van der Waals surface area contributed by atoms with E-state index in [0.29, 0.717) is 0 Å². The Bertz CT molecular complexity index is 845. The zero-order chi connectivity index (χ0) is 20.4. The van der Waals surface area contributed by atoms with Crippen molar-refractivity contribution >= 4 is 5.91 Å². The van der Waals surface area contributed by atoms with E-state index < -0.39 is 18.0 Å². The Kier molecular flexibility index (Phi) is 5.53. The van der Waals surface area contributed by atoms with E-state index in [2.05, 4.69) is 9.72 Å². The van der Waals surface area contributed by atoms with Crippen LogP contribution in [0.1, 0.15) is 36.8 Å². The molecule has 0 radical (unpaired) electrons. The third kappa shape index (κ3) is 5.25. The summed E-state index contributed by atoms with van der Waals surface area (Å²) in [7, 11) is 1.26. The van der Waals surface area contributed by atoms with Crippen LogP contribution in [0.2, 0.25) is 0 Å². The molecule has 2 N–H and O–H groups in total. The number of pyridine rings is 1. The molecule has 0 fully saturated rings. The van der Waals surface area contributed by atoms with Crippen LogP contribution in [0.15, 0.2) is 30.5 Å². The van der Waals surface area contributed by atoms with Crippen molar-refractivity contribution in [2.75, 3.05) is 7.11 Å². The molecule has 0 aliphatic rings. The van der Waals surface area contributed by atoms with E-state index in [1.54, 1.807) is 6.07 Å². The van der Waals surface area contributed by atoms with Crippen LogP contribution in [0.3, 0.4) is 0 Å². The summed E-state index contributed by atoms with van der Waals surface area (Å²) >= 11 is 0. The lowest BCUT2D eigenvalue weighted by Crippen LogP contribution is -2.18. The average molecular weight is 384 g/mol. The number of carbonyl (C=O) groups excluding carboxylic acids is 1. The molecule has 27 heavy (non-hydrogen) atoms. The molecule has 0 saturated heterocycles. The summed E-state index contributed by atoms with van der Waals surface area (Å²) < 4.78 is 51.7. The highest BCUT2D eigenvalue weighted by molar-refractivity contribution is 5.93. The molecule has 2 rings (SSSR count). The smallest absolute Gasteiger partial charge is 0.493 e. The van der Waals surface area contributed by atoms with Crippen LogP contribution in [0.25, 0.3) is 0 Å². The van der Waals surface area contributed by atoms with Crippen LogP contribution in [-0.4, -0.2) is 24.4 Å². The summed E-state index contributed by atoms with van der Waals surface area (Å²) in [4.78, 5) is 15.7. The van der Waals surface area contributed by atoms with Gasteiger partial charge in [0, 0.05) is 12.3 Å². The Morgan fingerprint density at radius 2 is 1.74 bits per heavy atom. The number of halogens is 3. The van der Waals surface area contributed by atoms with Crippen molar-refractivity contribution in [1.29, 1.82) is 0 Å². The third-order valence-corrected chi connectivity index (χ3v) is 3.54. The first-order valence-electron chi connectivity index (χ1n) is 7.82. The van der Waals surface area contributed by atoms with Crippen LogP contribution in [0.5, 0.6) is 23.0 Å². The molecule has 6 nitrogen and oxygen atoms in total. The fourth-order valence-electron chi connectivity index (χ4n) is 2.17. The van der Waals surface area contributed by atoms with Gasteiger partial charge in [-0.1, -0.05) is 20.8 Å². The van der Waals surface area contributed by atoms with E-state index in [1.165, 1.54) is 19.4 Å². The number of methoxy groups -OCH3 is 1. The lowest BCUT2D eigenvalue weighted by Gasteiger charge is -2.20. The van der Waals surface area contributed by atoms with Gasteiger partial charge in [-0.25, -0.2) is 4.98 Å². The fraction of sp³-hybridized carbons (Fsp3) is 0.333. The van der Waals surface area contributed by atoms with Gasteiger partial charge in [0.2, 0.25) is 0 Å². The van der Waals surface area contributed by atoms with Gasteiger partial charge in [-0.3, -0.25) is 4.79 Å². The molecular weight excluding hydrogens is 365 g/mol. The molecule has 1 aromatic heterocycles. The van der Waals surface area contributed by atoms with Gasteiger partial charge < -0.3 is 19.9 Å². The number of benzene rings is 1. The zero-order valence-corrected chi connectivity index (χ0v) is 15.2. The third-order valence-electron chi connectivity index (χ3n) is 3.54. The Labute approximate surface area is 154 Å². The van der Waals surface area contributed by atoms with Gasteiger partial charge in [0.25, 0.3) is 5.91 Å². The van der Waals surface area contributed by atoms with Gasteiger partial charge in [-0.15, -0.1) is 13.2 Å². The van der Waals surface area contributed by atoms with Gasteiger partial charge in [0.1, 0.15) is 5.75 Å². The Morgan fingerprint density at radius 3 is 2.26 bits per heavy atom. The topological polar surface area (TPSA) is 83.7 Å². The molecule has 0 saturated carbocycles. The van der Waals surface area contributed by atoms with Crippen LogP contribution in [0, 0.1) is 0 Å². The number of carbonyl (C=O) groups is 1. The highest BCUT2D eigenvalue weighted by Gasteiger charge is 2.31. The van der Waals surface area contributed by atoms with Crippen molar-refractivity contribution in [2.24, 2.45) is 5.73 Å². The summed E-state index contributed by atoms with van der Waals surface area (Å²) in [5.74, 6) is -1.15. The Morgan fingerprint density at radius 1 is 1.07 bits per heavy atom. The molecule has 2 aromatic rings. The summed E-state index contributed by atoms with van der Waals surface area (Å²) in [5.41, 5.74) is 5.72. The van der Waals surface area contributed by atoms with Crippen molar-refractivity contribution in [2.45, 2.75) is 32.5 Å². The standard InChI is InChI=1S/C18H19F3N2O4/c1-17(2,3)10-7-14(15(16(22)24)23-9-10)26-12-6-5-11(8-13(12)25-4)27-18(19,20)21/h5-9H,1-4H3,(H2,22,24). The lowest BCUT2D eigenvalue weighted by atomic mass is 9.88. The number of ether oxygens (including phenoxy) is 3. The quantitative estimate of drug-likeness (QED) is 0.836. The van der Waals surface area contributed by atoms with Crippen molar-refractivity contribution in [3.63, 3.8) is 0 Å². The molecule has 0 bridgehead atoms. The lowest BCUT2D eigenvalue weighted by molar-refractivity contribution is -0.274. The highest BCUT2D eigenvalue weighted by atomic mass is 19.4. The van der Waals surface area contributed by atoms with Crippen LogP contribution in [0.4, 0.5) is 13.2 Å².